The van der Waals surface area contributed by atoms with Crippen LogP contribution in [-0.2, 0) is 20.8 Å². The van der Waals surface area contributed by atoms with Gasteiger partial charge in [0.15, 0.2) is 0 Å². The average Bonchev–Trinajstić information content (AvgIpc) is 2.72. The molecule has 1 heterocycles. The van der Waals surface area contributed by atoms with Gasteiger partial charge in [-0.3, -0.25) is 4.90 Å². The summed E-state index contributed by atoms with van der Waals surface area (Å²) in [6.45, 7) is 4.61. The van der Waals surface area contributed by atoms with Crippen LogP contribution < -0.4 is 5.32 Å². The molecule has 0 spiro atoms. The minimum atomic E-state index is -0.565. The fourth-order valence-electron chi connectivity index (χ4n) is 3.31. The van der Waals surface area contributed by atoms with Gasteiger partial charge < -0.3 is 14.8 Å². The maximum Gasteiger partial charge on any atom is 0.338 e. The second-order valence-corrected chi connectivity index (χ2v) is 6.99. The van der Waals surface area contributed by atoms with Gasteiger partial charge in [0.05, 0.1) is 24.8 Å². The highest BCUT2D eigenvalue weighted by molar-refractivity contribution is 5.95. The minimum absolute atomic E-state index is 0.152. The van der Waals surface area contributed by atoms with E-state index in [0.717, 1.165) is 16.7 Å². The normalized spacial score (nSPS) is 16.6. The summed E-state index contributed by atoms with van der Waals surface area (Å²) in [5.74, 6) is -0.455. The Kier molecular flexibility index (Phi) is 6.67. The molecule has 2 amide bonds. The Bertz CT molecular complexity index is 891. The van der Waals surface area contributed by atoms with Crippen LogP contribution in [0, 0.1) is 6.92 Å². The predicted octanol–water partition coefficient (Wildman–Crippen LogP) is 3.73. The molecule has 0 aliphatic carbocycles. The van der Waals surface area contributed by atoms with Crippen molar-refractivity contribution in [2.24, 2.45) is 0 Å². The van der Waals surface area contributed by atoms with Crippen molar-refractivity contribution >= 4 is 12.0 Å². The molecule has 3 rings (SSSR count). The first-order valence-corrected chi connectivity index (χ1v) is 9.56. The third-order valence-corrected chi connectivity index (χ3v) is 4.93. The number of carbonyl (C=O) groups excluding carboxylic acids is 2. The van der Waals surface area contributed by atoms with Crippen molar-refractivity contribution in [2.75, 3.05) is 20.3 Å². The second kappa shape index (κ2) is 9.39. The molecular weight excluding hydrogens is 368 g/mol. The summed E-state index contributed by atoms with van der Waals surface area (Å²) in [5, 5.41) is 2.97. The molecule has 2 aromatic rings. The van der Waals surface area contributed by atoms with Crippen LogP contribution in [0.2, 0.25) is 0 Å². The van der Waals surface area contributed by atoms with E-state index in [4.69, 9.17) is 9.47 Å². The number of hydrogen-bond acceptors (Lipinski definition) is 4. The number of amides is 2. The lowest BCUT2D eigenvalue weighted by Gasteiger charge is -2.35. The van der Waals surface area contributed by atoms with Gasteiger partial charge in [0.1, 0.15) is 6.61 Å². The zero-order valence-corrected chi connectivity index (χ0v) is 17.0. The number of esters is 1. The molecule has 0 saturated carbocycles. The van der Waals surface area contributed by atoms with Gasteiger partial charge in [-0.05, 0) is 25.0 Å². The summed E-state index contributed by atoms with van der Waals surface area (Å²) in [4.78, 5) is 27.4. The van der Waals surface area contributed by atoms with Gasteiger partial charge in [0.2, 0.25) is 0 Å². The fraction of sp³-hybridized carbons (Fsp3) is 0.304. The van der Waals surface area contributed by atoms with Crippen molar-refractivity contribution in [3.63, 3.8) is 0 Å². The summed E-state index contributed by atoms with van der Waals surface area (Å²) in [6.07, 6.45) is 0. The summed E-state index contributed by atoms with van der Waals surface area (Å²) < 4.78 is 10.4. The SMILES string of the molecule is COCCOC(=O)C1=C(C)N(Cc2ccccc2)C(=O)NC1c1ccc(C)cc1. The predicted molar refractivity (Wildman–Crippen MR) is 110 cm³/mol. The Hall–Kier alpha value is -3.12. The molecule has 0 bridgehead atoms. The lowest BCUT2D eigenvalue weighted by atomic mass is 9.94. The molecular formula is C23H26N2O4. The molecule has 152 valence electrons. The zero-order valence-electron chi connectivity index (χ0n) is 17.0. The van der Waals surface area contributed by atoms with Crippen LogP contribution in [0.4, 0.5) is 4.79 Å². The maximum atomic E-state index is 12.9. The molecule has 1 aliphatic rings. The van der Waals surface area contributed by atoms with Gasteiger partial charge in [0, 0.05) is 12.8 Å². The number of rotatable bonds is 7. The molecule has 1 aliphatic heterocycles. The van der Waals surface area contributed by atoms with E-state index in [1.807, 2.05) is 61.5 Å². The molecule has 1 atom stereocenters. The van der Waals surface area contributed by atoms with Crippen LogP contribution in [0.15, 0.2) is 65.9 Å². The Balaban J connectivity index is 1.97. The fourth-order valence-corrected chi connectivity index (χ4v) is 3.31. The first-order valence-electron chi connectivity index (χ1n) is 9.56. The van der Waals surface area contributed by atoms with E-state index in [0.29, 0.717) is 24.4 Å². The summed E-state index contributed by atoms with van der Waals surface area (Å²) in [5.41, 5.74) is 3.93. The number of benzene rings is 2. The van der Waals surface area contributed by atoms with Gasteiger partial charge in [-0.15, -0.1) is 0 Å². The number of carbonyl (C=O) groups is 2. The van der Waals surface area contributed by atoms with E-state index in [-0.39, 0.29) is 12.6 Å². The molecule has 1 N–H and O–H groups in total. The number of methoxy groups -OCH3 is 1. The van der Waals surface area contributed by atoms with Crippen LogP contribution in [-0.4, -0.2) is 37.2 Å². The second-order valence-electron chi connectivity index (χ2n) is 6.99. The molecule has 0 fully saturated rings. The largest absolute Gasteiger partial charge is 0.460 e. The topological polar surface area (TPSA) is 67.9 Å². The van der Waals surface area contributed by atoms with E-state index in [9.17, 15) is 9.59 Å². The molecule has 29 heavy (non-hydrogen) atoms. The zero-order chi connectivity index (χ0) is 20.8. The van der Waals surface area contributed by atoms with Crippen molar-refractivity contribution in [1.29, 1.82) is 0 Å². The van der Waals surface area contributed by atoms with Gasteiger partial charge in [-0.1, -0.05) is 60.2 Å². The Morgan fingerprint density at radius 3 is 2.38 bits per heavy atom. The lowest BCUT2D eigenvalue weighted by molar-refractivity contribution is -0.140. The van der Waals surface area contributed by atoms with Crippen molar-refractivity contribution in [2.45, 2.75) is 26.4 Å². The van der Waals surface area contributed by atoms with Crippen LogP contribution in [0.5, 0.6) is 0 Å². The quantitative estimate of drug-likeness (QED) is 0.574. The molecule has 6 heteroatoms. The third-order valence-electron chi connectivity index (χ3n) is 4.93. The van der Waals surface area contributed by atoms with E-state index >= 15 is 0 Å². The maximum absolute atomic E-state index is 12.9. The first kappa shape index (κ1) is 20.6. The third kappa shape index (κ3) is 4.84. The van der Waals surface area contributed by atoms with Crippen molar-refractivity contribution < 1.29 is 19.1 Å². The van der Waals surface area contributed by atoms with E-state index in [1.165, 1.54) is 0 Å². The summed E-state index contributed by atoms with van der Waals surface area (Å²) in [6, 6.07) is 16.6. The number of allylic oxidation sites excluding steroid dienone is 1. The van der Waals surface area contributed by atoms with Crippen LogP contribution in [0.3, 0.4) is 0 Å². The number of nitrogens with one attached hydrogen (secondary N) is 1. The van der Waals surface area contributed by atoms with E-state index in [2.05, 4.69) is 5.32 Å². The lowest BCUT2D eigenvalue weighted by Crippen LogP contribution is -2.47. The van der Waals surface area contributed by atoms with Crippen molar-refractivity contribution in [3.05, 3.63) is 82.6 Å². The first-order chi connectivity index (χ1) is 14.0. The number of nitrogens with zero attached hydrogens (tertiary/aromatic N) is 1. The number of aryl methyl sites for hydroxylation is 1. The summed E-state index contributed by atoms with van der Waals surface area (Å²) >= 11 is 0. The summed E-state index contributed by atoms with van der Waals surface area (Å²) in [7, 11) is 1.55. The molecule has 1 unspecified atom stereocenters. The highest BCUT2D eigenvalue weighted by atomic mass is 16.6. The van der Waals surface area contributed by atoms with Crippen molar-refractivity contribution in [3.8, 4) is 0 Å². The van der Waals surface area contributed by atoms with Gasteiger partial charge in [-0.2, -0.15) is 0 Å². The smallest absolute Gasteiger partial charge is 0.338 e. The van der Waals surface area contributed by atoms with Gasteiger partial charge >= 0.3 is 12.0 Å². The van der Waals surface area contributed by atoms with Gasteiger partial charge in [0.25, 0.3) is 0 Å². The molecule has 0 aromatic heterocycles. The van der Waals surface area contributed by atoms with Crippen LogP contribution in [0.1, 0.15) is 29.7 Å². The Labute approximate surface area is 171 Å². The molecule has 6 nitrogen and oxygen atoms in total. The number of ether oxygens (including phenoxy) is 2. The molecule has 2 aromatic carbocycles. The standard InChI is InChI=1S/C23H26N2O4/c1-16-9-11-19(12-10-16)21-20(22(26)29-14-13-28-3)17(2)25(23(27)24-21)15-18-7-5-4-6-8-18/h4-12,21H,13-15H2,1-3H3,(H,24,27). The highest BCUT2D eigenvalue weighted by Crippen LogP contribution is 2.32. The molecule has 0 radical (unpaired) electrons. The van der Waals surface area contributed by atoms with Crippen LogP contribution in [0.25, 0.3) is 0 Å². The number of hydrogen-bond donors (Lipinski definition) is 1. The Morgan fingerprint density at radius 2 is 1.72 bits per heavy atom. The monoisotopic (exact) mass is 394 g/mol. The van der Waals surface area contributed by atoms with E-state index in [1.54, 1.807) is 18.9 Å². The minimum Gasteiger partial charge on any atom is -0.460 e. The average molecular weight is 394 g/mol. The highest BCUT2D eigenvalue weighted by Gasteiger charge is 2.36. The molecule has 0 saturated heterocycles. The number of urea groups is 1. The van der Waals surface area contributed by atoms with E-state index < -0.39 is 12.0 Å². The van der Waals surface area contributed by atoms with Crippen LogP contribution >= 0.6 is 0 Å². The van der Waals surface area contributed by atoms with Gasteiger partial charge in [-0.25, -0.2) is 9.59 Å². The van der Waals surface area contributed by atoms with Crippen molar-refractivity contribution in [1.82, 2.24) is 10.2 Å². The Morgan fingerprint density at radius 1 is 1.03 bits per heavy atom.